The topological polar surface area (TPSA) is 60.2 Å². The van der Waals surface area contributed by atoms with Crippen LogP contribution in [0.15, 0.2) is 0 Å². The molecule has 0 radical (unpaired) electrons. The zero-order valence-corrected chi connectivity index (χ0v) is 10.6. The van der Waals surface area contributed by atoms with E-state index in [0.717, 1.165) is 31.8 Å². The molecule has 0 aliphatic carbocycles. The average molecular weight is 239 g/mol. The molecule has 0 saturated carbocycles. The second kappa shape index (κ2) is 5.60. The van der Waals surface area contributed by atoms with Crippen molar-refractivity contribution in [1.82, 2.24) is 14.8 Å². The number of ether oxygens (including phenoxy) is 1. The van der Waals surface area contributed by atoms with E-state index in [1.165, 1.54) is 6.42 Å². The van der Waals surface area contributed by atoms with Gasteiger partial charge in [-0.2, -0.15) is 0 Å². The predicted molar refractivity (Wildman–Crippen MR) is 63.3 cm³/mol. The second-order valence-electron chi connectivity index (χ2n) is 4.99. The smallest absolute Gasteiger partial charge is 0.162 e. The molecule has 1 unspecified atom stereocenters. The Morgan fingerprint density at radius 1 is 1.41 bits per heavy atom. The summed E-state index contributed by atoms with van der Waals surface area (Å²) in [4.78, 5) is 0. The summed E-state index contributed by atoms with van der Waals surface area (Å²) in [7, 11) is 0. The largest absolute Gasteiger partial charge is 0.388 e. The molecule has 96 valence electrons. The lowest BCUT2D eigenvalue weighted by Crippen LogP contribution is -2.19. The average Bonchev–Trinajstić information content (AvgIpc) is 2.72. The summed E-state index contributed by atoms with van der Waals surface area (Å²) in [5.74, 6) is 2.02. The van der Waals surface area contributed by atoms with Crippen LogP contribution in [-0.2, 0) is 17.9 Å². The molecular formula is C12H21N3O2. The van der Waals surface area contributed by atoms with Crippen LogP contribution < -0.4 is 0 Å². The van der Waals surface area contributed by atoms with Crippen molar-refractivity contribution >= 4 is 0 Å². The molecule has 0 amide bonds. The molecule has 5 heteroatoms. The van der Waals surface area contributed by atoms with Crippen molar-refractivity contribution in [2.45, 2.75) is 52.4 Å². The first-order valence-electron chi connectivity index (χ1n) is 6.36. The Hall–Kier alpha value is -0.940. The third kappa shape index (κ3) is 2.84. The Balaban J connectivity index is 2.22. The van der Waals surface area contributed by atoms with Crippen LogP contribution in [0.25, 0.3) is 0 Å². The molecule has 1 aliphatic rings. The molecule has 2 heterocycles. The Bertz CT molecular complexity index is 357. The van der Waals surface area contributed by atoms with Gasteiger partial charge in [0.1, 0.15) is 12.7 Å². The van der Waals surface area contributed by atoms with E-state index in [1.54, 1.807) is 0 Å². The molecule has 2 rings (SSSR count). The fourth-order valence-electron chi connectivity index (χ4n) is 2.21. The third-order valence-electron chi connectivity index (χ3n) is 3.01. The molecule has 5 nitrogen and oxygen atoms in total. The number of hydrogen-bond donors (Lipinski definition) is 1. The number of rotatable bonds is 4. The van der Waals surface area contributed by atoms with Crippen molar-refractivity contribution < 1.29 is 9.84 Å². The highest BCUT2D eigenvalue weighted by Gasteiger charge is 2.23. The summed E-state index contributed by atoms with van der Waals surface area (Å²) in [5, 5.41) is 17.5. The van der Waals surface area contributed by atoms with Gasteiger partial charge in [-0.3, -0.25) is 0 Å². The van der Waals surface area contributed by atoms with E-state index in [1.807, 2.05) is 4.57 Å². The Labute approximate surface area is 102 Å². The van der Waals surface area contributed by atoms with Gasteiger partial charge in [-0.25, -0.2) is 0 Å². The van der Waals surface area contributed by atoms with Gasteiger partial charge in [-0.1, -0.05) is 13.8 Å². The van der Waals surface area contributed by atoms with E-state index in [9.17, 15) is 5.11 Å². The van der Waals surface area contributed by atoms with Gasteiger partial charge in [0.05, 0.1) is 0 Å². The van der Waals surface area contributed by atoms with Crippen LogP contribution in [0.2, 0.25) is 0 Å². The summed E-state index contributed by atoms with van der Waals surface area (Å²) in [5.41, 5.74) is 0. The molecular weight excluding hydrogens is 218 g/mol. The van der Waals surface area contributed by atoms with E-state index >= 15 is 0 Å². The van der Waals surface area contributed by atoms with Crippen molar-refractivity contribution in [2.24, 2.45) is 5.92 Å². The molecule has 0 bridgehead atoms. The molecule has 1 aromatic heterocycles. The molecule has 1 aliphatic heterocycles. The SMILES string of the molecule is CC(C)Cn1c(CO)nnc1C1CCCCO1. The molecule has 17 heavy (non-hydrogen) atoms. The maximum Gasteiger partial charge on any atom is 0.162 e. The van der Waals surface area contributed by atoms with E-state index in [2.05, 4.69) is 24.0 Å². The van der Waals surface area contributed by atoms with Crippen molar-refractivity contribution in [3.8, 4) is 0 Å². The monoisotopic (exact) mass is 239 g/mol. The zero-order chi connectivity index (χ0) is 12.3. The van der Waals surface area contributed by atoms with Gasteiger partial charge in [0.15, 0.2) is 11.6 Å². The molecule has 1 atom stereocenters. The Morgan fingerprint density at radius 2 is 2.24 bits per heavy atom. The van der Waals surface area contributed by atoms with Gasteiger partial charge >= 0.3 is 0 Å². The van der Waals surface area contributed by atoms with Crippen molar-refractivity contribution in [3.05, 3.63) is 11.6 Å². The molecule has 0 aromatic carbocycles. The highest BCUT2D eigenvalue weighted by Crippen LogP contribution is 2.27. The fraction of sp³-hybridized carbons (Fsp3) is 0.833. The molecule has 1 N–H and O–H groups in total. The normalized spacial score (nSPS) is 21.1. The van der Waals surface area contributed by atoms with E-state index in [4.69, 9.17) is 4.74 Å². The van der Waals surface area contributed by atoms with Crippen molar-refractivity contribution in [1.29, 1.82) is 0 Å². The van der Waals surface area contributed by atoms with Crippen molar-refractivity contribution in [3.63, 3.8) is 0 Å². The number of aromatic nitrogens is 3. The summed E-state index contributed by atoms with van der Waals surface area (Å²) in [6, 6.07) is 0. The minimum atomic E-state index is -0.0631. The fourth-order valence-corrected chi connectivity index (χ4v) is 2.21. The van der Waals surface area contributed by atoms with Gasteiger partial charge in [-0.05, 0) is 25.2 Å². The quantitative estimate of drug-likeness (QED) is 0.868. The van der Waals surface area contributed by atoms with Crippen LogP contribution in [0.5, 0.6) is 0 Å². The van der Waals surface area contributed by atoms with Crippen LogP contribution in [0.4, 0.5) is 0 Å². The Morgan fingerprint density at radius 3 is 2.82 bits per heavy atom. The van der Waals surface area contributed by atoms with Gasteiger partial charge in [-0.15, -0.1) is 10.2 Å². The number of hydrogen-bond acceptors (Lipinski definition) is 4. The first-order valence-corrected chi connectivity index (χ1v) is 6.36. The maximum atomic E-state index is 9.28. The van der Waals surface area contributed by atoms with Crippen molar-refractivity contribution in [2.75, 3.05) is 6.61 Å². The van der Waals surface area contributed by atoms with Crippen LogP contribution in [0.1, 0.15) is 50.9 Å². The standard InChI is InChI=1S/C12H21N3O2/c1-9(2)7-15-11(8-16)13-14-12(15)10-5-3-4-6-17-10/h9-10,16H,3-8H2,1-2H3. The molecule has 1 aromatic rings. The molecule has 1 fully saturated rings. The predicted octanol–water partition coefficient (Wildman–Crippen LogP) is 1.67. The van der Waals surface area contributed by atoms with Crippen LogP contribution in [-0.4, -0.2) is 26.5 Å². The highest BCUT2D eigenvalue weighted by atomic mass is 16.5. The Kier molecular flexibility index (Phi) is 4.12. The van der Waals surface area contributed by atoms with E-state index in [-0.39, 0.29) is 12.7 Å². The van der Waals surface area contributed by atoms with Crippen LogP contribution >= 0.6 is 0 Å². The third-order valence-corrected chi connectivity index (χ3v) is 3.01. The van der Waals surface area contributed by atoms with Gasteiger partial charge in [0.2, 0.25) is 0 Å². The maximum absolute atomic E-state index is 9.28. The number of aliphatic hydroxyl groups excluding tert-OH is 1. The highest BCUT2D eigenvalue weighted by molar-refractivity contribution is 5.00. The lowest BCUT2D eigenvalue weighted by atomic mass is 10.1. The number of nitrogens with zero attached hydrogens (tertiary/aromatic N) is 3. The first-order chi connectivity index (χ1) is 8.22. The minimum Gasteiger partial charge on any atom is -0.388 e. The summed E-state index contributed by atoms with van der Waals surface area (Å²) in [6.07, 6.45) is 3.35. The van der Waals surface area contributed by atoms with Crippen LogP contribution in [0, 0.1) is 5.92 Å². The van der Waals surface area contributed by atoms with Gasteiger partial charge in [0, 0.05) is 13.2 Å². The van der Waals surface area contributed by atoms with Gasteiger partial charge in [0.25, 0.3) is 0 Å². The lowest BCUT2D eigenvalue weighted by molar-refractivity contribution is 0.00660. The zero-order valence-electron chi connectivity index (χ0n) is 10.6. The number of aliphatic hydroxyl groups is 1. The first kappa shape index (κ1) is 12.5. The molecule has 1 saturated heterocycles. The second-order valence-corrected chi connectivity index (χ2v) is 4.99. The minimum absolute atomic E-state index is 0.0512. The molecule has 0 spiro atoms. The summed E-state index contributed by atoms with van der Waals surface area (Å²) in [6.45, 7) is 5.86. The summed E-state index contributed by atoms with van der Waals surface area (Å²) >= 11 is 0. The van der Waals surface area contributed by atoms with E-state index in [0.29, 0.717) is 11.7 Å². The summed E-state index contributed by atoms with van der Waals surface area (Å²) < 4.78 is 7.75. The van der Waals surface area contributed by atoms with Crippen LogP contribution in [0.3, 0.4) is 0 Å². The lowest BCUT2D eigenvalue weighted by Gasteiger charge is -2.23. The van der Waals surface area contributed by atoms with Gasteiger partial charge < -0.3 is 14.4 Å². The van der Waals surface area contributed by atoms with E-state index < -0.39 is 0 Å².